The number of hydrogen-bond donors (Lipinski definition) is 2. The Bertz CT molecular complexity index is 247. The number of hydrogen-bond acceptors (Lipinski definition) is 2. The molecule has 4 heteroatoms. The number of aliphatic imine (C=N–C) groups is 1. The van der Waals surface area contributed by atoms with Crippen molar-refractivity contribution >= 4 is 5.96 Å². The Balaban J connectivity index is 2.10. The highest BCUT2D eigenvalue weighted by atomic mass is 16.5. The van der Waals surface area contributed by atoms with E-state index in [1.165, 1.54) is 25.7 Å². The first-order valence-corrected chi connectivity index (χ1v) is 6.57. The summed E-state index contributed by atoms with van der Waals surface area (Å²) in [5, 5.41) is 6.61. The first-order chi connectivity index (χ1) is 8.07. The van der Waals surface area contributed by atoms with Crippen molar-refractivity contribution in [2.75, 3.05) is 27.2 Å². The van der Waals surface area contributed by atoms with Crippen LogP contribution in [0.25, 0.3) is 0 Å². The van der Waals surface area contributed by atoms with Gasteiger partial charge in [0, 0.05) is 27.2 Å². The number of rotatable bonds is 7. The van der Waals surface area contributed by atoms with Gasteiger partial charge in [0.15, 0.2) is 5.96 Å². The molecule has 2 N–H and O–H groups in total. The fourth-order valence-electron chi connectivity index (χ4n) is 1.59. The molecule has 1 aliphatic carbocycles. The van der Waals surface area contributed by atoms with Gasteiger partial charge in [-0.25, -0.2) is 0 Å². The molecule has 0 aromatic carbocycles. The third kappa shape index (κ3) is 6.51. The first-order valence-electron chi connectivity index (χ1n) is 6.57. The van der Waals surface area contributed by atoms with Gasteiger partial charge in [-0.1, -0.05) is 12.8 Å². The van der Waals surface area contributed by atoms with Crippen LogP contribution in [0.2, 0.25) is 0 Å². The Morgan fingerprint density at radius 2 is 2.06 bits per heavy atom. The SMILES string of the molecule is CN=C(NCCCC1CC1)NCC(C)(C)OC. The van der Waals surface area contributed by atoms with E-state index in [0.717, 1.165) is 25.0 Å². The number of methoxy groups -OCH3 is 1. The second-order valence-electron chi connectivity index (χ2n) is 5.40. The lowest BCUT2D eigenvalue weighted by molar-refractivity contribution is 0.0268. The van der Waals surface area contributed by atoms with Gasteiger partial charge in [-0.3, -0.25) is 4.99 Å². The summed E-state index contributed by atoms with van der Waals surface area (Å²) in [6, 6.07) is 0. The molecule has 1 fully saturated rings. The molecule has 17 heavy (non-hydrogen) atoms. The van der Waals surface area contributed by atoms with Gasteiger partial charge in [0.2, 0.25) is 0 Å². The smallest absolute Gasteiger partial charge is 0.191 e. The maximum absolute atomic E-state index is 5.35. The molecule has 0 aliphatic heterocycles. The van der Waals surface area contributed by atoms with Crippen molar-refractivity contribution in [3.8, 4) is 0 Å². The molecule has 0 aromatic rings. The Labute approximate surface area is 105 Å². The minimum atomic E-state index is -0.161. The van der Waals surface area contributed by atoms with E-state index < -0.39 is 0 Å². The van der Waals surface area contributed by atoms with Crippen LogP contribution in [0, 0.1) is 5.92 Å². The molecule has 100 valence electrons. The molecule has 1 saturated carbocycles. The number of nitrogens with one attached hydrogen (secondary N) is 2. The van der Waals surface area contributed by atoms with E-state index in [-0.39, 0.29) is 5.60 Å². The number of ether oxygens (including phenoxy) is 1. The van der Waals surface area contributed by atoms with Crippen LogP contribution in [0.4, 0.5) is 0 Å². The van der Waals surface area contributed by atoms with E-state index in [4.69, 9.17) is 4.74 Å². The van der Waals surface area contributed by atoms with E-state index in [9.17, 15) is 0 Å². The lowest BCUT2D eigenvalue weighted by atomic mass is 10.1. The standard InChI is InChI=1S/C13H27N3O/c1-13(2,17-4)10-16-12(14-3)15-9-5-6-11-7-8-11/h11H,5-10H2,1-4H3,(H2,14,15,16). The summed E-state index contributed by atoms with van der Waals surface area (Å²) in [6.45, 7) is 5.87. The van der Waals surface area contributed by atoms with Crippen molar-refractivity contribution in [2.45, 2.75) is 45.1 Å². The molecule has 1 rings (SSSR count). The topological polar surface area (TPSA) is 45.7 Å². The fraction of sp³-hybridized carbons (Fsp3) is 0.923. The van der Waals surface area contributed by atoms with E-state index in [1.807, 2.05) is 0 Å². The van der Waals surface area contributed by atoms with Crippen LogP contribution in [0.1, 0.15) is 39.5 Å². The van der Waals surface area contributed by atoms with Crippen LogP contribution in [-0.4, -0.2) is 38.8 Å². The van der Waals surface area contributed by atoms with E-state index in [2.05, 4.69) is 29.5 Å². The summed E-state index contributed by atoms with van der Waals surface area (Å²) >= 11 is 0. The van der Waals surface area contributed by atoms with Crippen molar-refractivity contribution in [1.82, 2.24) is 10.6 Å². The average Bonchev–Trinajstić information content (AvgIpc) is 3.12. The third-order valence-electron chi connectivity index (χ3n) is 3.24. The summed E-state index contributed by atoms with van der Waals surface area (Å²) in [5.74, 6) is 1.88. The van der Waals surface area contributed by atoms with Gasteiger partial charge in [0.25, 0.3) is 0 Å². The largest absolute Gasteiger partial charge is 0.377 e. The summed E-state index contributed by atoms with van der Waals surface area (Å²) in [7, 11) is 3.53. The molecule has 0 heterocycles. The van der Waals surface area contributed by atoms with Crippen LogP contribution >= 0.6 is 0 Å². The zero-order chi connectivity index (χ0) is 12.7. The Hall–Kier alpha value is -0.770. The lowest BCUT2D eigenvalue weighted by Crippen LogP contribution is -2.45. The quantitative estimate of drug-likeness (QED) is 0.406. The summed E-state index contributed by atoms with van der Waals surface area (Å²) in [4.78, 5) is 4.20. The first kappa shape index (κ1) is 14.3. The zero-order valence-corrected chi connectivity index (χ0v) is 11.7. The molecule has 0 bridgehead atoms. The number of guanidine groups is 1. The summed E-state index contributed by atoms with van der Waals surface area (Å²) in [5.41, 5.74) is -0.161. The maximum Gasteiger partial charge on any atom is 0.191 e. The zero-order valence-electron chi connectivity index (χ0n) is 11.7. The molecule has 0 aromatic heterocycles. The minimum Gasteiger partial charge on any atom is -0.377 e. The van der Waals surface area contributed by atoms with Crippen LogP contribution in [-0.2, 0) is 4.74 Å². The molecular formula is C13H27N3O. The van der Waals surface area contributed by atoms with Crippen molar-refractivity contribution in [1.29, 1.82) is 0 Å². The van der Waals surface area contributed by atoms with E-state index in [1.54, 1.807) is 14.2 Å². The molecule has 0 unspecified atom stereocenters. The van der Waals surface area contributed by atoms with Crippen LogP contribution in [0.15, 0.2) is 4.99 Å². The normalized spacial score (nSPS) is 17.1. The van der Waals surface area contributed by atoms with Crippen molar-refractivity contribution in [3.63, 3.8) is 0 Å². The second-order valence-corrected chi connectivity index (χ2v) is 5.40. The van der Waals surface area contributed by atoms with Gasteiger partial charge in [-0.2, -0.15) is 0 Å². The molecule has 0 amide bonds. The third-order valence-corrected chi connectivity index (χ3v) is 3.24. The van der Waals surface area contributed by atoms with E-state index >= 15 is 0 Å². The minimum absolute atomic E-state index is 0.161. The Morgan fingerprint density at radius 3 is 2.59 bits per heavy atom. The van der Waals surface area contributed by atoms with Gasteiger partial charge < -0.3 is 15.4 Å². The van der Waals surface area contributed by atoms with Gasteiger partial charge in [0.1, 0.15) is 0 Å². The average molecular weight is 241 g/mol. The highest BCUT2D eigenvalue weighted by Crippen LogP contribution is 2.33. The van der Waals surface area contributed by atoms with Crippen molar-refractivity contribution in [2.24, 2.45) is 10.9 Å². The Kier molecular flexibility index (Phi) is 5.75. The molecule has 4 nitrogen and oxygen atoms in total. The maximum atomic E-state index is 5.35. The molecule has 0 spiro atoms. The van der Waals surface area contributed by atoms with Crippen LogP contribution < -0.4 is 10.6 Å². The monoisotopic (exact) mass is 241 g/mol. The summed E-state index contributed by atoms with van der Waals surface area (Å²) in [6.07, 6.45) is 5.47. The van der Waals surface area contributed by atoms with Gasteiger partial charge in [-0.15, -0.1) is 0 Å². The highest BCUT2D eigenvalue weighted by molar-refractivity contribution is 5.79. The number of nitrogens with zero attached hydrogens (tertiary/aromatic N) is 1. The predicted molar refractivity (Wildman–Crippen MR) is 72.4 cm³/mol. The van der Waals surface area contributed by atoms with E-state index in [0.29, 0.717) is 0 Å². The van der Waals surface area contributed by atoms with Crippen LogP contribution in [0.5, 0.6) is 0 Å². The van der Waals surface area contributed by atoms with Gasteiger partial charge >= 0.3 is 0 Å². The molecule has 0 radical (unpaired) electrons. The Morgan fingerprint density at radius 1 is 1.35 bits per heavy atom. The molecule has 0 atom stereocenters. The second kappa shape index (κ2) is 6.84. The summed E-state index contributed by atoms with van der Waals surface area (Å²) < 4.78 is 5.35. The van der Waals surface area contributed by atoms with Crippen molar-refractivity contribution < 1.29 is 4.74 Å². The van der Waals surface area contributed by atoms with Gasteiger partial charge in [0.05, 0.1) is 5.60 Å². The lowest BCUT2D eigenvalue weighted by Gasteiger charge is -2.24. The van der Waals surface area contributed by atoms with Crippen molar-refractivity contribution in [3.05, 3.63) is 0 Å². The molecular weight excluding hydrogens is 214 g/mol. The fourth-order valence-corrected chi connectivity index (χ4v) is 1.59. The predicted octanol–water partition coefficient (Wildman–Crippen LogP) is 1.77. The van der Waals surface area contributed by atoms with Gasteiger partial charge in [-0.05, 0) is 32.6 Å². The molecule has 1 aliphatic rings. The van der Waals surface area contributed by atoms with Crippen LogP contribution in [0.3, 0.4) is 0 Å². The highest BCUT2D eigenvalue weighted by Gasteiger charge is 2.20. The molecule has 0 saturated heterocycles.